The number of aromatic nitrogens is 6. The number of rotatable bonds is 8. The van der Waals surface area contributed by atoms with E-state index < -0.39 is 48.3 Å². The molecule has 43 heavy (non-hydrogen) atoms. The smallest absolute Gasteiger partial charge is 0.391 e. The van der Waals surface area contributed by atoms with Crippen LogP contribution in [0.1, 0.15) is 55.8 Å². The Morgan fingerprint density at radius 1 is 1.09 bits per heavy atom. The Balaban J connectivity index is 1.69. The third kappa shape index (κ3) is 6.19. The van der Waals surface area contributed by atoms with Crippen LogP contribution in [0.25, 0.3) is 16.4 Å². The second-order valence-electron chi connectivity index (χ2n) is 10.4. The van der Waals surface area contributed by atoms with Crippen LogP contribution in [0.15, 0.2) is 35.8 Å². The Hall–Kier alpha value is -2.59. The van der Waals surface area contributed by atoms with Crippen molar-refractivity contribution in [2.45, 2.75) is 69.4 Å². The molecule has 0 saturated carbocycles. The topological polar surface area (TPSA) is 109 Å². The van der Waals surface area contributed by atoms with Crippen LogP contribution < -0.4 is 0 Å². The summed E-state index contributed by atoms with van der Waals surface area (Å²) in [6, 6.07) is 4.22. The number of thiazole rings is 1. The van der Waals surface area contributed by atoms with E-state index >= 15 is 0 Å². The van der Waals surface area contributed by atoms with E-state index in [2.05, 4.69) is 20.4 Å². The molecule has 6 atom stereocenters. The van der Waals surface area contributed by atoms with Gasteiger partial charge in [0.15, 0.2) is 0 Å². The Morgan fingerprint density at radius 3 is 2.40 bits per heavy atom. The molecule has 16 heteroatoms. The van der Waals surface area contributed by atoms with E-state index in [4.69, 9.17) is 37.4 Å². The third-order valence-electron chi connectivity index (χ3n) is 7.26. The second-order valence-corrected chi connectivity index (χ2v) is 12.1. The number of ether oxygens (including phenoxy) is 3. The van der Waals surface area contributed by atoms with Gasteiger partial charge in [-0.15, -0.1) is 16.4 Å². The highest BCUT2D eigenvalue weighted by Crippen LogP contribution is 2.44. The molecule has 0 radical (unpaired) electrons. The molecule has 4 aromatic rings. The normalized spacial score (nSPS) is 23.7. The predicted molar refractivity (Wildman–Crippen MR) is 154 cm³/mol. The molecule has 1 aromatic carbocycles. The summed E-state index contributed by atoms with van der Waals surface area (Å²) in [4.78, 5) is 4.25. The van der Waals surface area contributed by atoms with Crippen LogP contribution in [0.5, 0.6) is 0 Å². The SMILES string of the molecule is COC1C(n2cc(-c3nc(Cl)cs3)nn2)[C@@H](OC)C(C(C)O)O[C@H]1c1cc(C(C)C)nn1-c1cc(Cl)ccc1C(F)(F)F. The van der Waals surface area contributed by atoms with Gasteiger partial charge in [0.25, 0.3) is 0 Å². The largest absolute Gasteiger partial charge is 0.418 e. The van der Waals surface area contributed by atoms with Crippen molar-refractivity contribution < 1.29 is 32.5 Å². The zero-order chi connectivity index (χ0) is 31.2. The third-order valence-corrected chi connectivity index (χ3v) is 8.69. The minimum atomic E-state index is -4.70. The van der Waals surface area contributed by atoms with Gasteiger partial charge in [-0.05, 0) is 37.1 Å². The molecule has 0 amide bonds. The summed E-state index contributed by atoms with van der Waals surface area (Å²) in [7, 11) is 2.91. The van der Waals surface area contributed by atoms with Crippen LogP contribution in [0, 0.1) is 0 Å². The summed E-state index contributed by atoms with van der Waals surface area (Å²) < 4.78 is 63.6. The molecule has 1 N–H and O–H groups in total. The Bertz CT molecular complexity index is 1580. The summed E-state index contributed by atoms with van der Waals surface area (Å²) in [5.41, 5.74) is 0.0229. The van der Waals surface area contributed by atoms with Crippen molar-refractivity contribution in [3.05, 3.63) is 63.0 Å². The lowest BCUT2D eigenvalue weighted by molar-refractivity contribution is -0.235. The van der Waals surface area contributed by atoms with Gasteiger partial charge in [0.1, 0.15) is 46.3 Å². The summed E-state index contributed by atoms with van der Waals surface area (Å²) in [5, 5.41) is 26.6. The number of methoxy groups -OCH3 is 2. The summed E-state index contributed by atoms with van der Waals surface area (Å²) in [6.45, 7) is 5.29. The summed E-state index contributed by atoms with van der Waals surface area (Å²) >= 11 is 13.5. The fourth-order valence-corrected chi connectivity index (χ4v) is 6.31. The monoisotopic (exact) mass is 660 g/mol. The lowest BCUT2D eigenvalue weighted by Crippen LogP contribution is -2.56. The number of halogens is 5. The molecule has 3 aromatic heterocycles. The van der Waals surface area contributed by atoms with E-state index in [-0.39, 0.29) is 22.3 Å². The van der Waals surface area contributed by atoms with E-state index in [1.807, 2.05) is 13.8 Å². The molecule has 1 fully saturated rings. The average Bonchev–Trinajstić information content (AvgIpc) is 3.70. The molecule has 0 bridgehead atoms. The molecule has 1 saturated heterocycles. The van der Waals surface area contributed by atoms with Crippen LogP contribution in [0.2, 0.25) is 10.2 Å². The summed E-state index contributed by atoms with van der Waals surface area (Å²) in [6.07, 6.45) is -7.77. The van der Waals surface area contributed by atoms with E-state index in [1.54, 1.807) is 17.6 Å². The van der Waals surface area contributed by atoms with Gasteiger partial charge in [0, 0.05) is 24.6 Å². The van der Waals surface area contributed by atoms with Crippen molar-refractivity contribution in [1.29, 1.82) is 0 Å². The first-order chi connectivity index (χ1) is 20.3. The first kappa shape index (κ1) is 31.8. The zero-order valence-corrected chi connectivity index (χ0v) is 26.0. The van der Waals surface area contributed by atoms with Gasteiger partial charge >= 0.3 is 6.18 Å². The highest BCUT2D eigenvalue weighted by atomic mass is 35.5. The van der Waals surface area contributed by atoms with Crippen molar-refractivity contribution in [2.75, 3.05) is 14.2 Å². The Labute approximate surface area is 259 Å². The van der Waals surface area contributed by atoms with Gasteiger partial charge in [-0.25, -0.2) is 14.3 Å². The predicted octanol–water partition coefficient (Wildman–Crippen LogP) is 6.13. The maximum absolute atomic E-state index is 14.2. The molecule has 4 heterocycles. The van der Waals surface area contributed by atoms with Crippen LogP contribution in [-0.2, 0) is 20.4 Å². The number of nitrogens with zero attached hydrogens (tertiary/aromatic N) is 6. The van der Waals surface area contributed by atoms with Crippen molar-refractivity contribution >= 4 is 34.5 Å². The highest BCUT2D eigenvalue weighted by Gasteiger charge is 2.51. The van der Waals surface area contributed by atoms with Crippen molar-refractivity contribution in [2.24, 2.45) is 0 Å². The van der Waals surface area contributed by atoms with E-state index in [9.17, 15) is 18.3 Å². The van der Waals surface area contributed by atoms with Crippen molar-refractivity contribution in [3.8, 4) is 16.4 Å². The Kier molecular flexibility index (Phi) is 9.19. The highest BCUT2D eigenvalue weighted by molar-refractivity contribution is 7.13. The fraction of sp³-hybridized carbons (Fsp3) is 0.481. The van der Waals surface area contributed by atoms with Gasteiger partial charge in [-0.1, -0.05) is 42.3 Å². The summed E-state index contributed by atoms with van der Waals surface area (Å²) in [5.74, 6) is -0.142. The first-order valence-electron chi connectivity index (χ1n) is 13.2. The number of hydrogen-bond acceptors (Lipinski definition) is 9. The lowest BCUT2D eigenvalue weighted by atomic mass is 9.88. The molecule has 232 valence electrons. The van der Waals surface area contributed by atoms with E-state index in [1.165, 1.54) is 54.0 Å². The Morgan fingerprint density at radius 2 is 1.81 bits per heavy atom. The number of alkyl halides is 3. The van der Waals surface area contributed by atoms with Crippen molar-refractivity contribution in [1.82, 2.24) is 29.8 Å². The van der Waals surface area contributed by atoms with Crippen LogP contribution in [0.4, 0.5) is 13.2 Å². The fourth-order valence-electron chi connectivity index (χ4n) is 5.25. The number of aliphatic hydroxyl groups is 1. The maximum Gasteiger partial charge on any atom is 0.418 e. The number of benzene rings is 1. The quantitative estimate of drug-likeness (QED) is 0.240. The minimum absolute atomic E-state index is 0.0972. The van der Waals surface area contributed by atoms with E-state index in [0.29, 0.717) is 21.5 Å². The maximum atomic E-state index is 14.2. The number of hydrogen-bond donors (Lipinski definition) is 1. The molecule has 1 aliphatic heterocycles. The van der Waals surface area contributed by atoms with Gasteiger partial charge < -0.3 is 19.3 Å². The van der Waals surface area contributed by atoms with Crippen LogP contribution in [0.3, 0.4) is 0 Å². The molecule has 10 nitrogen and oxygen atoms in total. The first-order valence-corrected chi connectivity index (χ1v) is 14.9. The lowest BCUT2D eigenvalue weighted by Gasteiger charge is -2.46. The molecular formula is C27H29Cl2F3N6O4S. The van der Waals surface area contributed by atoms with Gasteiger partial charge in [0.2, 0.25) is 0 Å². The van der Waals surface area contributed by atoms with E-state index in [0.717, 1.165) is 6.07 Å². The molecule has 0 aliphatic carbocycles. The standard InChI is InChI=1S/C27H29Cl2F3N6O4S/c1-12(2)16-9-19(38(35-16)18-8-14(28)6-7-15(18)27(30,31)32)23-25(41-5)21(24(40-4)22(42-23)13(3)39)37-10-17(34-36-37)26-33-20(29)11-43-26/h6-13,21-25,39H,1-5H3/t13?,21?,22?,23-,24+,25?/m0/s1. The van der Waals surface area contributed by atoms with Gasteiger partial charge in [-0.2, -0.15) is 18.3 Å². The zero-order valence-electron chi connectivity index (χ0n) is 23.7. The molecular weight excluding hydrogens is 632 g/mol. The molecule has 4 unspecified atom stereocenters. The van der Waals surface area contributed by atoms with Crippen LogP contribution in [-0.4, -0.2) is 73.5 Å². The van der Waals surface area contributed by atoms with Crippen LogP contribution >= 0.6 is 34.5 Å². The average molecular weight is 662 g/mol. The van der Waals surface area contributed by atoms with Gasteiger partial charge in [-0.3, -0.25) is 0 Å². The second kappa shape index (κ2) is 12.4. The molecule has 0 spiro atoms. The van der Waals surface area contributed by atoms with Gasteiger partial charge in [0.05, 0.1) is 34.9 Å². The minimum Gasteiger partial charge on any atom is -0.391 e. The molecule has 5 rings (SSSR count). The molecule has 1 aliphatic rings. The van der Waals surface area contributed by atoms with Crippen molar-refractivity contribution in [3.63, 3.8) is 0 Å². The number of aliphatic hydroxyl groups excluding tert-OH is 1.